The van der Waals surface area contributed by atoms with Gasteiger partial charge in [-0.1, -0.05) is 30.3 Å². The van der Waals surface area contributed by atoms with Crippen molar-refractivity contribution in [1.82, 2.24) is 29.9 Å². The number of fused-ring (bicyclic) bond motifs is 3. The summed E-state index contributed by atoms with van der Waals surface area (Å²) < 4.78 is 245. The molecule has 0 aliphatic rings. The highest BCUT2D eigenvalue weighted by Gasteiger charge is 2.30. The van der Waals surface area contributed by atoms with Crippen LogP contribution in [-0.2, 0) is 70.8 Å². The Hall–Kier alpha value is -8.71. The van der Waals surface area contributed by atoms with Crippen molar-refractivity contribution in [2.24, 2.45) is 20.5 Å². The number of phenols is 2. The van der Waals surface area contributed by atoms with Gasteiger partial charge in [-0.2, -0.15) is 88.8 Å². The molecule has 0 unspecified atom stereocenters. The fourth-order valence-electron chi connectivity index (χ4n) is 8.39. The van der Waals surface area contributed by atoms with Crippen LogP contribution in [0.4, 0.5) is 57.9 Å². The van der Waals surface area contributed by atoms with Crippen LogP contribution in [0.15, 0.2) is 146 Å². The lowest BCUT2D eigenvalue weighted by molar-refractivity contribution is 0.471. The summed E-state index contributed by atoms with van der Waals surface area (Å²) in [5, 5.41) is 44.1. The maximum atomic E-state index is 12.8. The van der Waals surface area contributed by atoms with E-state index in [1.807, 2.05) is 0 Å². The zero-order valence-corrected chi connectivity index (χ0v) is 50.6. The number of phenolic OH excluding ortho intramolecular Hbond substituents is 2. The Morgan fingerprint density at radius 1 is 0.389 bits per heavy atom. The Bertz CT molecular complexity index is 5490. The first-order chi connectivity index (χ1) is 41.7. The molecule has 9 aromatic rings. The van der Waals surface area contributed by atoms with Crippen LogP contribution in [0.2, 0.25) is 10.6 Å². The third kappa shape index (κ3) is 14.3. The summed E-state index contributed by atoms with van der Waals surface area (Å²) in [7, 11) is -36.7. The van der Waals surface area contributed by atoms with E-state index in [2.05, 4.69) is 71.6 Å². The molecule has 9 rings (SSSR count). The number of rotatable bonds is 20. The molecular weight excluding hydrogens is 1390 g/mol. The minimum absolute atomic E-state index is 0.208. The van der Waals surface area contributed by atoms with Gasteiger partial charge in [0.2, 0.25) is 34.4 Å². The molecule has 0 saturated carbocycles. The Labute approximate surface area is 513 Å². The molecule has 0 fully saturated rings. The number of benzene rings is 7. The van der Waals surface area contributed by atoms with Crippen molar-refractivity contribution in [2.45, 2.75) is 34.3 Å². The number of nitrogens with zero attached hydrogens (tertiary/aromatic N) is 10. The maximum Gasteiger partial charge on any atom is 0.297 e. The van der Waals surface area contributed by atoms with Crippen molar-refractivity contribution in [3.05, 3.63) is 102 Å². The third-order valence-electron chi connectivity index (χ3n) is 11.9. The lowest BCUT2D eigenvalue weighted by Crippen LogP contribution is -2.17. The largest absolute Gasteiger partial charge is 0.505 e. The lowest BCUT2D eigenvalue weighted by Gasteiger charge is -2.15. The predicted molar refractivity (Wildman–Crippen MR) is 312 cm³/mol. The van der Waals surface area contributed by atoms with Crippen LogP contribution >= 0.6 is 23.2 Å². The Morgan fingerprint density at radius 3 is 1.22 bits per heavy atom. The van der Waals surface area contributed by atoms with Gasteiger partial charge in [0, 0.05) is 34.6 Å². The first-order valence-electron chi connectivity index (χ1n) is 23.5. The molecule has 0 aliphatic carbocycles. The second-order valence-corrected chi connectivity index (χ2v) is 28.3. The summed E-state index contributed by atoms with van der Waals surface area (Å²) >= 11 is 12.4. The number of halogens is 2. The van der Waals surface area contributed by atoms with E-state index in [1.165, 1.54) is 12.1 Å². The summed E-state index contributed by atoms with van der Waals surface area (Å²) in [6.45, 7) is -0.421. The molecule has 90 heavy (non-hydrogen) atoms. The molecule has 0 bridgehead atoms. The third-order valence-corrected chi connectivity index (χ3v) is 18.4. The fraction of sp³-hybridized carbons (Fsp3) is 0.0455. The van der Waals surface area contributed by atoms with Gasteiger partial charge in [-0.3, -0.25) is 31.9 Å². The highest BCUT2D eigenvalue weighted by molar-refractivity contribution is 7.87. The second-order valence-electron chi connectivity index (χ2n) is 17.8. The van der Waals surface area contributed by atoms with E-state index in [-0.39, 0.29) is 25.0 Å². The van der Waals surface area contributed by atoms with Crippen molar-refractivity contribution in [2.75, 3.05) is 34.4 Å². The molecule has 0 atom stereocenters. The highest BCUT2D eigenvalue weighted by Crippen LogP contribution is 2.48. The quantitative estimate of drug-likeness (QED) is 0.0212. The van der Waals surface area contributed by atoms with Crippen LogP contribution < -0.4 is 21.3 Å². The van der Waals surface area contributed by atoms with E-state index in [1.54, 1.807) is 0 Å². The molecule has 0 amide bonds. The van der Waals surface area contributed by atoms with Crippen LogP contribution in [0.1, 0.15) is 0 Å². The molecule has 2 heterocycles. The topological polar surface area (TPSA) is 596 Å². The molecule has 0 aliphatic heterocycles. The van der Waals surface area contributed by atoms with E-state index < -0.39 is 205 Å². The molecule has 0 spiro atoms. The van der Waals surface area contributed by atoms with Crippen molar-refractivity contribution >= 4 is 184 Å². The first-order valence-corrected chi connectivity index (χ1v) is 34.3. The van der Waals surface area contributed by atoms with Gasteiger partial charge in [0.05, 0.1) is 21.2 Å². The van der Waals surface area contributed by atoms with E-state index in [0.29, 0.717) is 36.4 Å². The van der Waals surface area contributed by atoms with Gasteiger partial charge < -0.3 is 31.5 Å². The highest BCUT2D eigenvalue weighted by atomic mass is 35.5. The molecule has 7 aromatic carbocycles. The van der Waals surface area contributed by atoms with E-state index in [4.69, 9.17) is 23.2 Å². The number of hydrogen-bond acceptors (Lipinski definition) is 30. The number of aromatic nitrogens is 6. The average Bonchev–Trinajstić information content (AvgIpc) is 0.770. The zero-order chi connectivity index (χ0) is 66.0. The molecule has 37 nitrogen and oxygen atoms in total. The molecule has 2 aromatic heterocycles. The van der Waals surface area contributed by atoms with Crippen LogP contribution in [-0.4, -0.2) is 144 Å². The van der Waals surface area contributed by atoms with E-state index >= 15 is 0 Å². The van der Waals surface area contributed by atoms with Gasteiger partial charge in [-0.25, -0.2) is 0 Å². The Morgan fingerprint density at radius 2 is 0.800 bits per heavy atom. The summed E-state index contributed by atoms with van der Waals surface area (Å²) in [5.74, 6) is -4.26. The van der Waals surface area contributed by atoms with Crippen molar-refractivity contribution in [3.8, 4) is 11.5 Å². The Kier molecular flexibility index (Phi) is 17.5. The molecule has 472 valence electrons. The second kappa shape index (κ2) is 23.9. The van der Waals surface area contributed by atoms with Crippen molar-refractivity contribution in [3.63, 3.8) is 0 Å². The number of nitrogens with one attached hydrogen (secondary N) is 4. The molecule has 0 radical (unpaired) electrons. The molecule has 13 N–H and O–H groups in total. The summed E-state index contributed by atoms with van der Waals surface area (Å²) in [4.78, 5) is 16.7. The minimum Gasteiger partial charge on any atom is -0.505 e. The van der Waals surface area contributed by atoms with Gasteiger partial charge >= 0.3 is 0 Å². The lowest BCUT2D eigenvalue weighted by atomic mass is 10.1. The average molecular weight is 1420 g/mol. The van der Waals surface area contributed by atoms with Gasteiger partial charge in [0.1, 0.15) is 47.2 Å². The van der Waals surface area contributed by atoms with Crippen molar-refractivity contribution < 1.29 is 101 Å². The van der Waals surface area contributed by atoms with Crippen LogP contribution in [0.3, 0.4) is 0 Å². The summed E-state index contributed by atoms with van der Waals surface area (Å²) in [6.07, 6.45) is 0. The van der Waals surface area contributed by atoms with Gasteiger partial charge in [-0.05, 0) is 94.6 Å². The van der Waals surface area contributed by atoms with Crippen LogP contribution in [0.25, 0.3) is 32.3 Å². The fourth-order valence-corrected chi connectivity index (χ4v) is 13.3. The molecule has 0 saturated heterocycles. The number of azo groups is 2. The minimum atomic E-state index is -5.53. The Balaban J connectivity index is 1.01. The van der Waals surface area contributed by atoms with Gasteiger partial charge in [-0.15, -0.1) is 20.5 Å². The zero-order valence-electron chi connectivity index (χ0n) is 43.4. The number of hydrogen-bond donors (Lipinski definition) is 13. The smallest absolute Gasteiger partial charge is 0.297 e. The SMILES string of the molecule is O=S(=O)(O)c1cc(Nc2nc(Cl)nc(NCCNc3nc(Cl)nc(Nc4cc(S(=O)(=O)O)cc5cc(S(=O)(=O)O)c(N=Nc6ccc7c(S(=O)(=O)O)cccc7c6S(=O)(=O)O)c(O)c45)n3)n2)c2c(O)c(N=Nc3ccccc3S(=O)(=O)O)c(S(=O)(=O)O)cc2c1. The first kappa shape index (κ1) is 65.7. The van der Waals surface area contributed by atoms with Gasteiger partial charge in [0.15, 0.2) is 11.5 Å². The monoisotopic (exact) mass is 1420 g/mol. The summed E-state index contributed by atoms with van der Waals surface area (Å²) in [6, 6.07) is 12.8. The maximum absolute atomic E-state index is 12.8. The van der Waals surface area contributed by atoms with Crippen LogP contribution in [0.5, 0.6) is 11.5 Å². The van der Waals surface area contributed by atoms with Gasteiger partial charge in [0.25, 0.3) is 70.8 Å². The standard InChI is InChI=1S/C44H32Cl2N14O23S7/c45-39-51-41(55-43(53-39)49-26-16-20(84(63,64)65)12-18-14-30(88(75,76)77)34(36(61)32(18)26)59-57-24-5-1-2-6-29(24)87(72,73)74)47-10-11-48-42-52-40(46)54-44(56-42)50-27-17-21(85(66,67)68)13-19-15-31(89(78,79)80)35(37(62)33(19)27)60-58-25-9-8-22-23(38(25)90(81,82)83)4-3-7-28(22)86(69,70)71/h1-9,12-17,61-62H,10-11H2,(H,63,64,65)(H,66,67,68)(H,69,70,71)(H,72,73,74)(H,75,76,77)(H,78,79,80)(H,81,82,83)(H2,47,49,51,53,55)(H2,48,50,52,54,56). The number of aromatic hydroxyl groups is 2. The molecule has 46 heteroatoms. The van der Waals surface area contributed by atoms with E-state index in [9.17, 15) is 101 Å². The summed E-state index contributed by atoms with van der Waals surface area (Å²) in [5.41, 5.74) is -4.77. The number of anilines is 6. The van der Waals surface area contributed by atoms with Crippen molar-refractivity contribution in [1.29, 1.82) is 0 Å². The van der Waals surface area contributed by atoms with Crippen LogP contribution in [0, 0.1) is 0 Å². The molecular formula is C44H32Cl2N14O23S7. The predicted octanol–water partition coefficient (Wildman–Crippen LogP) is 6.80. The normalized spacial score (nSPS) is 13.0. The van der Waals surface area contributed by atoms with E-state index in [0.717, 1.165) is 42.5 Å².